The number of carbonyl (C=O) groups excluding carboxylic acids is 1. The second-order valence-corrected chi connectivity index (χ2v) is 9.78. The van der Waals surface area contributed by atoms with E-state index in [-0.39, 0.29) is 23.2 Å². The molecular formula is C27H25N5O. The number of ketones is 1. The van der Waals surface area contributed by atoms with Crippen LogP contribution in [0.3, 0.4) is 0 Å². The van der Waals surface area contributed by atoms with Crippen molar-refractivity contribution in [2.75, 3.05) is 0 Å². The molecule has 3 aromatic rings. The van der Waals surface area contributed by atoms with Gasteiger partial charge in [-0.2, -0.15) is 10.4 Å². The number of pyridine rings is 2. The lowest BCUT2D eigenvalue weighted by Gasteiger charge is -2.45. The fourth-order valence-electron chi connectivity index (χ4n) is 5.90. The number of hydrogen-bond acceptors (Lipinski definition) is 5. The Kier molecular flexibility index (Phi) is 4.38. The molecule has 0 spiro atoms. The van der Waals surface area contributed by atoms with E-state index in [4.69, 9.17) is 10.1 Å². The van der Waals surface area contributed by atoms with E-state index < -0.39 is 5.41 Å². The first-order chi connectivity index (χ1) is 16.0. The van der Waals surface area contributed by atoms with Crippen LogP contribution in [0.2, 0.25) is 0 Å². The summed E-state index contributed by atoms with van der Waals surface area (Å²) in [5, 5.41) is 14.8. The maximum absolute atomic E-state index is 12.8. The second-order valence-electron chi connectivity index (χ2n) is 9.78. The highest BCUT2D eigenvalue weighted by atomic mass is 16.1. The average Bonchev–Trinajstić information content (AvgIpc) is 3.62. The van der Waals surface area contributed by atoms with E-state index in [2.05, 4.69) is 24.0 Å². The van der Waals surface area contributed by atoms with Gasteiger partial charge in [0.05, 0.1) is 17.0 Å². The van der Waals surface area contributed by atoms with Gasteiger partial charge in [-0.05, 0) is 61.3 Å². The van der Waals surface area contributed by atoms with Gasteiger partial charge in [0.25, 0.3) is 0 Å². The molecule has 0 aromatic carbocycles. The largest absolute Gasteiger partial charge is 0.293 e. The summed E-state index contributed by atoms with van der Waals surface area (Å²) in [4.78, 5) is 22.2. The van der Waals surface area contributed by atoms with Gasteiger partial charge in [0.1, 0.15) is 11.8 Å². The van der Waals surface area contributed by atoms with Crippen molar-refractivity contribution in [2.45, 2.75) is 50.9 Å². The Morgan fingerprint density at radius 2 is 2.00 bits per heavy atom. The SMILES string of the molecule is C[C@H]1C(=O)C(C#N)=C[C@@]2(C)c3c(c(-c4ccccn4)nn3-c3ccc(C4CC4)cn3)CC[C@H]12. The van der Waals surface area contributed by atoms with Crippen molar-refractivity contribution in [3.63, 3.8) is 0 Å². The van der Waals surface area contributed by atoms with Gasteiger partial charge in [0, 0.05) is 29.3 Å². The monoisotopic (exact) mass is 435 g/mol. The van der Waals surface area contributed by atoms with Crippen LogP contribution in [0.4, 0.5) is 0 Å². The Morgan fingerprint density at radius 1 is 1.15 bits per heavy atom. The van der Waals surface area contributed by atoms with Gasteiger partial charge >= 0.3 is 0 Å². The lowest BCUT2D eigenvalue weighted by molar-refractivity contribution is -0.121. The molecule has 0 radical (unpaired) electrons. The fourth-order valence-corrected chi connectivity index (χ4v) is 5.90. The normalized spacial score (nSPS) is 26.2. The van der Waals surface area contributed by atoms with Crippen molar-refractivity contribution >= 4 is 5.78 Å². The first kappa shape index (κ1) is 20.0. The van der Waals surface area contributed by atoms with Crippen molar-refractivity contribution in [3.05, 3.63) is 71.2 Å². The van der Waals surface area contributed by atoms with Crippen LogP contribution in [0.5, 0.6) is 0 Å². The molecule has 0 amide bonds. The zero-order chi connectivity index (χ0) is 22.7. The lowest BCUT2D eigenvalue weighted by Crippen LogP contribution is -2.46. The number of Topliss-reactive ketones (excluding diaryl/α,β-unsaturated/α-hetero) is 1. The van der Waals surface area contributed by atoms with E-state index in [1.165, 1.54) is 18.4 Å². The number of carbonyl (C=O) groups is 1. The standard InChI is InChI=1S/C27H25N5O/c1-16-21-10-9-20-24(22-5-3-4-12-29-22)31-32(23-11-8-18(15-30-23)17-6-7-17)26(20)27(21,2)13-19(14-28)25(16)33/h3-5,8,11-13,15-17,21H,6-7,9-10H2,1-2H3/t16-,21-,27-/m1/s1. The molecule has 3 aliphatic carbocycles. The number of rotatable bonds is 3. The summed E-state index contributed by atoms with van der Waals surface area (Å²) in [6.07, 6.45) is 9.78. The maximum atomic E-state index is 12.8. The summed E-state index contributed by atoms with van der Waals surface area (Å²) in [5.74, 6) is 1.24. The molecule has 3 aliphatic rings. The number of fused-ring (bicyclic) bond motifs is 3. The maximum Gasteiger partial charge on any atom is 0.176 e. The Balaban J connectivity index is 1.60. The van der Waals surface area contributed by atoms with Crippen LogP contribution in [0.1, 0.15) is 55.8 Å². The van der Waals surface area contributed by atoms with Crippen LogP contribution in [-0.4, -0.2) is 25.5 Å². The minimum Gasteiger partial charge on any atom is -0.293 e. The molecule has 6 heteroatoms. The molecule has 164 valence electrons. The molecule has 33 heavy (non-hydrogen) atoms. The number of nitriles is 1. The topological polar surface area (TPSA) is 84.5 Å². The molecule has 3 heterocycles. The molecule has 0 N–H and O–H groups in total. The third kappa shape index (κ3) is 2.99. The highest BCUT2D eigenvalue weighted by molar-refractivity contribution is 6.02. The molecule has 3 aromatic heterocycles. The zero-order valence-electron chi connectivity index (χ0n) is 18.8. The Labute approximate surface area is 193 Å². The van der Waals surface area contributed by atoms with Gasteiger partial charge in [-0.25, -0.2) is 9.67 Å². The molecule has 1 saturated carbocycles. The van der Waals surface area contributed by atoms with E-state index in [1.54, 1.807) is 6.20 Å². The van der Waals surface area contributed by atoms with Gasteiger partial charge < -0.3 is 0 Å². The summed E-state index contributed by atoms with van der Waals surface area (Å²) >= 11 is 0. The molecular weight excluding hydrogens is 410 g/mol. The van der Waals surface area contributed by atoms with Crippen LogP contribution in [0.25, 0.3) is 17.2 Å². The van der Waals surface area contributed by atoms with Crippen LogP contribution in [0.15, 0.2) is 54.4 Å². The van der Waals surface area contributed by atoms with E-state index in [0.29, 0.717) is 5.92 Å². The van der Waals surface area contributed by atoms with E-state index in [9.17, 15) is 10.1 Å². The number of nitrogens with zero attached hydrogens (tertiary/aromatic N) is 5. The number of aromatic nitrogens is 4. The van der Waals surface area contributed by atoms with Gasteiger partial charge in [0.2, 0.25) is 0 Å². The Hall–Kier alpha value is -3.59. The predicted molar refractivity (Wildman–Crippen MR) is 124 cm³/mol. The molecule has 0 aliphatic heterocycles. The summed E-state index contributed by atoms with van der Waals surface area (Å²) in [6.45, 7) is 4.11. The third-order valence-corrected chi connectivity index (χ3v) is 7.76. The highest BCUT2D eigenvalue weighted by Gasteiger charge is 2.51. The quantitative estimate of drug-likeness (QED) is 0.596. The average molecular weight is 436 g/mol. The first-order valence-electron chi connectivity index (χ1n) is 11.7. The van der Waals surface area contributed by atoms with Crippen molar-refractivity contribution in [1.29, 1.82) is 5.26 Å². The van der Waals surface area contributed by atoms with Crippen LogP contribution in [0, 0.1) is 23.2 Å². The fraction of sp³-hybridized carbons (Fsp3) is 0.370. The first-order valence-corrected chi connectivity index (χ1v) is 11.7. The molecule has 0 unspecified atom stereocenters. The van der Waals surface area contributed by atoms with Crippen molar-refractivity contribution in [3.8, 4) is 23.3 Å². The summed E-state index contributed by atoms with van der Waals surface area (Å²) in [7, 11) is 0. The lowest BCUT2D eigenvalue weighted by atomic mass is 9.58. The molecule has 6 rings (SSSR count). The Morgan fingerprint density at radius 3 is 2.67 bits per heavy atom. The molecule has 0 saturated heterocycles. The van der Waals surface area contributed by atoms with Crippen molar-refractivity contribution in [1.82, 2.24) is 19.7 Å². The van der Waals surface area contributed by atoms with Crippen molar-refractivity contribution < 1.29 is 4.79 Å². The smallest absolute Gasteiger partial charge is 0.176 e. The van der Waals surface area contributed by atoms with E-state index in [1.807, 2.05) is 48.1 Å². The summed E-state index contributed by atoms with van der Waals surface area (Å²) in [5.41, 5.74) is 4.87. The molecule has 0 bridgehead atoms. The van der Waals surface area contributed by atoms with Gasteiger partial charge in [-0.3, -0.25) is 9.78 Å². The summed E-state index contributed by atoms with van der Waals surface area (Å²) in [6, 6.07) is 12.2. The van der Waals surface area contributed by atoms with Gasteiger partial charge in [-0.15, -0.1) is 0 Å². The minimum atomic E-state index is -0.497. The van der Waals surface area contributed by atoms with Crippen molar-refractivity contribution in [2.24, 2.45) is 11.8 Å². The second kappa shape index (κ2) is 7.21. The number of hydrogen-bond donors (Lipinski definition) is 0. The predicted octanol–water partition coefficient (Wildman–Crippen LogP) is 4.70. The molecule has 3 atom stereocenters. The molecule has 1 fully saturated rings. The highest BCUT2D eigenvalue weighted by Crippen LogP contribution is 2.52. The van der Waals surface area contributed by atoms with Crippen LogP contribution in [-0.2, 0) is 16.6 Å². The van der Waals surface area contributed by atoms with Gasteiger partial charge in [-0.1, -0.05) is 32.1 Å². The minimum absolute atomic E-state index is 0.0497. The Bertz CT molecular complexity index is 1330. The van der Waals surface area contributed by atoms with Crippen LogP contribution < -0.4 is 0 Å². The third-order valence-electron chi connectivity index (χ3n) is 7.76. The zero-order valence-corrected chi connectivity index (χ0v) is 18.8. The van der Waals surface area contributed by atoms with E-state index in [0.717, 1.165) is 41.3 Å². The van der Waals surface area contributed by atoms with E-state index >= 15 is 0 Å². The summed E-state index contributed by atoms with van der Waals surface area (Å²) < 4.78 is 1.94. The van der Waals surface area contributed by atoms with Gasteiger partial charge in [0.15, 0.2) is 11.6 Å². The van der Waals surface area contributed by atoms with Crippen LogP contribution >= 0.6 is 0 Å². The number of allylic oxidation sites excluding steroid dienone is 2. The molecule has 6 nitrogen and oxygen atoms in total.